The molecule has 0 aliphatic heterocycles. The first-order chi connectivity index (χ1) is 6.33. The van der Waals surface area contributed by atoms with Gasteiger partial charge in [-0.2, -0.15) is 0 Å². The number of aromatic amines is 1. The fourth-order valence-corrected chi connectivity index (χ4v) is 1.31. The predicted molar refractivity (Wildman–Crippen MR) is 48.6 cm³/mol. The molecular weight excluding hydrogens is 167 g/mol. The molecule has 0 aliphatic carbocycles. The fourth-order valence-electron chi connectivity index (χ4n) is 1.31. The number of pyridine rings is 1. The van der Waals surface area contributed by atoms with Crippen LogP contribution in [0.15, 0.2) is 18.5 Å². The van der Waals surface area contributed by atoms with Crippen molar-refractivity contribution in [2.24, 2.45) is 0 Å². The molecule has 0 radical (unpaired) electrons. The highest BCUT2D eigenvalue weighted by Crippen LogP contribution is 2.18. The molecule has 0 bridgehead atoms. The highest BCUT2D eigenvalue weighted by molar-refractivity contribution is 5.81. The Kier molecular flexibility index (Phi) is 1.75. The summed E-state index contributed by atoms with van der Waals surface area (Å²) >= 11 is 0. The molecule has 1 N–H and O–H groups in total. The van der Waals surface area contributed by atoms with Gasteiger partial charge in [-0.25, -0.2) is 4.39 Å². The van der Waals surface area contributed by atoms with Gasteiger partial charge in [0, 0.05) is 11.6 Å². The van der Waals surface area contributed by atoms with Gasteiger partial charge in [0.25, 0.3) is 0 Å². The van der Waals surface area contributed by atoms with E-state index in [0.717, 1.165) is 0 Å². The van der Waals surface area contributed by atoms with Crippen molar-refractivity contribution in [2.75, 3.05) is 0 Å². The van der Waals surface area contributed by atoms with Crippen molar-refractivity contribution in [3.05, 3.63) is 30.0 Å². The van der Waals surface area contributed by atoms with Crippen LogP contribution in [0.4, 0.5) is 4.39 Å². The monoisotopic (exact) mass is 174 g/mol. The Morgan fingerprint density at radius 3 is 3.23 bits per heavy atom. The zero-order chi connectivity index (χ0) is 9.26. The molecule has 2 aromatic heterocycles. The molecule has 0 unspecified atom stereocenters. The Labute approximate surface area is 74.8 Å². The minimum atomic E-state index is -0.322. The summed E-state index contributed by atoms with van der Waals surface area (Å²) in [5.41, 5.74) is 1.40. The molecule has 2 nitrogen and oxygen atoms in total. The quantitative estimate of drug-likeness (QED) is 0.657. The molecule has 2 aromatic rings. The van der Waals surface area contributed by atoms with Gasteiger partial charge in [0.2, 0.25) is 0 Å². The van der Waals surface area contributed by atoms with E-state index in [1.807, 2.05) is 0 Å². The van der Waals surface area contributed by atoms with Crippen molar-refractivity contribution >= 4 is 10.9 Å². The summed E-state index contributed by atoms with van der Waals surface area (Å²) in [6, 6.07) is 1.67. The third kappa shape index (κ3) is 1.17. The maximum atomic E-state index is 13.1. The number of hydrogen-bond donors (Lipinski definition) is 1. The SMILES string of the molecule is C#CCc1ncc(F)c2cc[nH]c12. The van der Waals surface area contributed by atoms with E-state index in [0.29, 0.717) is 23.0 Å². The van der Waals surface area contributed by atoms with E-state index in [2.05, 4.69) is 15.9 Å². The molecule has 0 saturated heterocycles. The number of fused-ring (bicyclic) bond motifs is 1. The van der Waals surface area contributed by atoms with Crippen LogP contribution in [-0.2, 0) is 6.42 Å². The maximum absolute atomic E-state index is 13.1. The average Bonchev–Trinajstić information content (AvgIpc) is 2.59. The summed E-state index contributed by atoms with van der Waals surface area (Å²) in [5.74, 6) is 2.16. The van der Waals surface area contributed by atoms with Crippen LogP contribution >= 0.6 is 0 Å². The van der Waals surface area contributed by atoms with E-state index >= 15 is 0 Å². The Morgan fingerprint density at radius 1 is 1.62 bits per heavy atom. The normalized spacial score (nSPS) is 10.2. The molecule has 2 heterocycles. The Balaban J connectivity index is 2.72. The van der Waals surface area contributed by atoms with E-state index in [1.165, 1.54) is 6.20 Å². The minimum absolute atomic E-state index is 0.322. The number of rotatable bonds is 1. The van der Waals surface area contributed by atoms with Crippen LogP contribution in [0.25, 0.3) is 10.9 Å². The van der Waals surface area contributed by atoms with Gasteiger partial charge in [-0.15, -0.1) is 12.3 Å². The Hall–Kier alpha value is -1.82. The van der Waals surface area contributed by atoms with Gasteiger partial charge in [-0.05, 0) is 6.07 Å². The molecule has 13 heavy (non-hydrogen) atoms. The van der Waals surface area contributed by atoms with E-state index in [4.69, 9.17) is 6.42 Å². The van der Waals surface area contributed by atoms with Gasteiger partial charge < -0.3 is 4.98 Å². The van der Waals surface area contributed by atoms with Crippen LogP contribution < -0.4 is 0 Å². The molecule has 0 spiro atoms. The summed E-state index contributed by atoms with van der Waals surface area (Å²) < 4.78 is 13.1. The molecule has 0 amide bonds. The largest absolute Gasteiger partial charge is 0.360 e. The maximum Gasteiger partial charge on any atom is 0.150 e. The lowest BCUT2D eigenvalue weighted by atomic mass is 10.2. The molecule has 0 aliphatic rings. The molecule has 0 aromatic carbocycles. The number of terminal acetylenes is 1. The zero-order valence-electron chi connectivity index (χ0n) is 6.84. The van der Waals surface area contributed by atoms with Crippen molar-refractivity contribution in [3.63, 3.8) is 0 Å². The standard InChI is InChI=1S/C10H7FN2/c1-2-3-9-10-7(4-5-12-10)8(11)6-13-9/h1,4-6,12H,3H2. The van der Waals surface area contributed by atoms with Crippen LogP contribution in [0.2, 0.25) is 0 Å². The highest BCUT2D eigenvalue weighted by atomic mass is 19.1. The average molecular weight is 174 g/mol. The van der Waals surface area contributed by atoms with Crippen LogP contribution in [0.3, 0.4) is 0 Å². The molecule has 3 heteroatoms. The van der Waals surface area contributed by atoms with Gasteiger partial charge >= 0.3 is 0 Å². The summed E-state index contributed by atoms with van der Waals surface area (Å²) in [7, 11) is 0. The number of nitrogens with zero attached hydrogens (tertiary/aromatic N) is 1. The smallest absolute Gasteiger partial charge is 0.150 e. The van der Waals surface area contributed by atoms with E-state index < -0.39 is 0 Å². The highest BCUT2D eigenvalue weighted by Gasteiger charge is 2.06. The lowest BCUT2D eigenvalue weighted by Gasteiger charge is -1.97. The van der Waals surface area contributed by atoms with E-state index in [1.54, 1.807) is 12.3 Å². The van der Waals surface area contributed by atoms with Gasteiger partial charge in [0.1, 0.15) is 0 Å². The molecule has 0 atom stereocenters. The first-order valence-electron chi connectivity index (χ1n) is 3.87. The van der Waals surface area contributed by atoms with Crippen molar-refractivity contribution < 1.29 is 4.39 Å². The fraction of sp³-hybridized carbons (Fsp3) is 0.100. The number of aromatic nitrogens is 2. The van der Waals surface area contributed by atoms with Crippen molar-refractivity contribution in [1.82, 2.24) is 9.97 Å². The summed E-state index contributed by atoms with van der Waals surface area (Å²) in [6.07, 6.45) is 8.45. The van der Waals surface area contributed by atoms with Gasteiger partial charge in [0.15, 0.2) is 5.82 Å². The lowest BCUT2D eigenvalue weighted by Crippen LogP contribution is -1.91. The first-order valence-corrected chi connectivity index (χ1v) is 3.87. The van der Waals surface area contributed by atoms with Crippen molar-refractivity contribution in [1.29, 1.82) is 0 Å². The first kappa shape index (κ1) is 7.81. The second-order valence-corrected chi connectivity index (χ2v) is 2.70. The number of H-pyrrole nitrogens is 1. The summed E-state index contributed by atoms with van der Waals surface area (Å²) in [6.45, 7) is 0. The Morgan fingerprint density at radius 2 is 2.46 bits per heavy atom. The van der Waals surface area contributed by atoms with Gasteiger partial charge in [-0.3, -0.25) is 4.98 Å². The van der Waals surface area contributed by atoms with E-state index in [9.17, 15) is 4.39 Å². The molecule has 0 fully saturated rings. The molecule has 2 rings (SSSR count). The van der Waals surface area contributed by atoms with Crippen molar-refractivity contribution in [2.45, 2.75) is 6.42 Å². The van der Waals surface area contributed by atoms with E-state index in [-0.39, 0.29) is 5.82 Å². The Bertz CT molecular complexity index is 479. The van der Waals surface area contributed by atoms with Crippen LogP contribution in [0.5, 0.6) is 0 Å². The number of halogens is 1. The van der Waals surface area contributed by atoms with Crippen LogP contribution in [-0.4, -0.2) is 9.97 Å². The number of hydrogen-bond acceptors (Lipinski definition) is 1. The van der Waals surface area contributed by atoms with Gasteiger partial charge in [-0.1, -0.05) is 0 Å². The minimum Gasteiger partial charge on any atom is -0.360 e. The predicted octanol–water partition coefficient (Wildman–Crippen LogP) is 1.88. The molecular formula is C10H7FN2. The second kappa shape index (κ2) is 2.91. The second-order valence-electron chi connectivity index (χ2n) is 2.70. The van der Waals surface area contributed by atoms with Crippen LogP contribution in [0, 0.1) is 18.2 Å². The summed E-state index contributed by atoms with van der Waals surface area (Å²) in [4.78, 5) is 6.84. The van der Waals surface area contributed by atoms with Gasteiger partial charge in [0.05, 0.1) is 23.8 Å². The summed E-state index contributed by atoms with van der Waals surface area (Å²) in [5, 5.41) is 0.542. The third-order valence-electron chi connectivity index (χ3n) is 1.90. The third-order valence-corrected chi connectivity index (χ3v) is 1.90. The lowest BCUT2D eigenvalue weighted by molar-refractivity contribution is 0.633. The molecule has 64 valence electrons. The van der Waals surface area contributed by atoms with Crippen LogP contribution in [0.1, 0.15) is 5.69 Å². The zero-order valence-corrected chi connectivity index (χ0v) is 6.84. The van der Waals surface area contributed by atoms with Crippen molar-refractivity contribution in [3.8, 4) is 12.3 Å². The number of nitrogens with one attached hydrogen (secondary N) is 1. The molecule has 0 saturated carbocycles. The topological polar surface area (TPSA) is 28.7 Å².